The normalized spacial score (nSPS) is 29.6. The van der Waals surface area contributed by atoms with Gasteiger partial charge in [-0.25, -0.2) is 0 Å². The first kappa shape index (κ1) is 21.1. The molecular weight excluding hydrogens is 332 g/mol. The molecule has 0 aromatic rings. The van der Waals surface area contributed by atoms with Crippen LogP contribution in [0.1, 0.15) is 64.7 Å². The third-order valence-corrected chi connectivity index (χ3v) is 5.29. The molecule has 0 aromatic carbocycles. The zero-order chi connectivity index (χ0) is 18.8. The summed E-state index contributed by atoms with van der Waals surface area (Å²) in [6.45, 7) is 2.90. The highest BCUT2D eigenvalue weighted by molar-refractivity contribution is 5.66. The first-order valence-electron chi connectivity index (χ1n) is 10.1. The van der Waals surface area contributed by atoms with Crippen molar-refractivity contribution in [2.75, 3.05) is 6.61 Å². The Labute approximate surface area is 157 Å². The van der Waals surface area contributed by atoms with Crippen LogP contribution in [0.4, 0.5) is 0 Å². The third-order valence-electron chi connectivity index (χ3n) is 5.29. The molecule has 0 spiro atoms. The Balaban J connectivity index is 1.82. The fourth-order valence-corrected chi connectivity index (χ4v) is 3.75. The molecule has 2 heterocycles. The van der Waals surface area contributed by atoms with E-state index in [2.05, 4.69) is 19.1 Å². The van der Waals surface area contributed by atoms with Crippen LogP contribution in [0, 0.1) is 11.8 Å². The van der Waals surface area contributed by atoms with Gasteiger partial charge in [0.1, 0.15) is 0 Å². The number of aliphatic hydroxyl groups is 1. The van der Waals surface area contributed by atoms with Crippen molar-refractivity contribution in [2.45, 2.75) is 83.2 Å². The smallest absolute Gasteiger partial charge is 0.303 e. The van der Waals surface area contributed by atoms with Gasteiger partial charge in [0.25, 0.3) is 0 Å². The average Bonchev–Trinajstić information content (AvgIpc) is 3.00. The Kier molecular flexibility index (Phi) is 9.37. The summed E-state index contributed by atoms with van der Waals surface area (Å²) in [5.74, 6) is 0.101. The number of unbranched alkanes of at least 4 members (excludes halogenated alkanes) is 3. The molecule has 5 atom stereocenters. The van der Waals surface area contributed by atoms with Crippen LogP contribution < -0.4 is 0 Å². The molecule has 2 rings (SSSR count). The van der Waals surface area contributed by atoms with Crippen molar-refractivity contribution in [3.63, 3.8) is 0 Å². The maximum Gasteiger partial charge on any atom is 0.303 e. The fraction of sp³-hybridized carbons (Fsp3) is 0.762. The van der Waals surface area contributed by atoms with Gasteiger partial charge in [-0.2, -0.15) is 0 Å². The third kappa shape index (κ3) is 7.22. The zero-order valence-corrected chi connectivity index (χ0v) is 15.9. The summed E-state index contributed by atoms with van der Waals surface area (Å²) >= 11 is 0. The Morgan fingerprint density at radius 2 is 2.12 bits per heavy atom. The van der Waals surface area contributed by atoms with Crippen LogP contribution in [0.2, 0.25) is 0 Å². The Morgan fingerprint density at radius 1 is 1.27 bits per heavy atom. The number of hydrogen-bond donors (Lipinski definition) is 2. The van der Waals surface area contributed by atoms with Crippen LogP contribution in [0.25, 0.3) is 0 Å². The largest absolute Gasteiger partial charge is 0.481 e. The summed E-state index contributed by atoms with van der Waals surface area (Å²) in [6, 6.07) is 0. The topological polar surface area (TPSA) is 76.0 Å². The summed E-state index contributed by atoms with van der Waals surface area (Å²) < 4.78 is 11.7. The predicted octanol–water partition coefficient (Wildman–Crippen LogP) is 4.06. The molecule has 2 aliphatic rings. The number of ether oxygens (including phenoxy) is 2. The maximum absolute atomic E-state index is 10.5. The van der Waals surface area contributed by atoms with Crippen molar-refractivity contribution in [2.24, 2.45) is 11.8 Å². The van der Waals surface area contributed by atoms with Gasteiger partial charge in [-0.1, -0.05) is 50.5 Å². The molecule has 0 radical (unpaired) electrons. The van der Waals surface area contributed by atoms with Crippen LogP contribution in [-0.2, 0) is 14.3 Å². The van der Waals surface area contributed by atoms with E-state index in [0.29, 0.717) is 18.3 Å². The molecule has 2 aliphatic heterocycles. The van der Waals surface area contributed by atoms with Crippen LogP contribution in [0.5, 0.6) is 0 Å². The minimum absolute atomic E-state index is 0.0225. The second kappa shape index (κ2) is 11.5. The lowest BCUT2D eigenvalue weighted by atomic mass is 9.81. The SMILES string of the molecule is CCCCC[C@@H](O)/C=C/C1O[C@H]2C[C@H](CO2)[C@@H]1C/C=C\CCCC(=O)O. The summed E-state index contributed by atoms with van der Waals surface area (Å²) in [5.41, 5.74) is 0. The lowest BCUT2D eigenvalue weighted by Crippen LogP contribution is -2.35. The Hall–Kier alpha value is -1.17. The van der Waals surface area contributed by atoms with E-state index in [4.69, 9.17) is 14.6 Å². The molecule has 26 heavy (non-hydrogen) atoms. The first-order chi connectivity index (χ1) is 12.6. The molecule has 148 valence electrons. The second-order valence-electron chi connectivity index (χ2n) is 7.46. The van der Waals surface area contributed by atoms with Gasteiger partial charge in [0, 0.05) is 12.8 Å². The monoisotopic (exact) mass is 366 g/mol. The summed E-state index contributed by atoms with van der Waals surface area (Å²) in [4.78, 5) is 10.5. The Bertz CT molecular complexity index is 473. The number of fused-ring (bicyclic) bond motifs is 2. The molecule has 2 N–H and O–H groups in total. The average molecular weight is 366 g/mol. The van der Waals surface area contributed by atoms with E-state index in [1.54, 1.807) is 0 Å². The number of carboxylic acids is 1. The molecule has 1 unspecified atom stereocenters. The quantitative estimate of drug-likeness (QED) is 0.402. The van der Waals surface area contributed by atoms with Gasteiger partial charge in [-0.05, 0) is 37.5 Å². The van der Waals surface area contributed by atoms with Crippen LogP contribution >= 0.6 is 0 Å². The number of carbonyl (C=O) groups is 1. The number of carboxylic acid groups (broad SMARTS) is 1. The fourth-order valence-electron chi connectivity index (χ4n) is 3.75. The van der Waals surface area contributed by atoms with Crippen LogP contribution in [-0.4, -0.2) is 41.3 Å². The van der Waals surface area contributed by atoms with Gasteiger partial charge in [0.2, 0.25) is 0 Å². The van der Waals surface area contributed by atoms with Crippen molar-refractivity contribution in [3.8, 4) is 0 Å². The zero-order valence-electron chi connectivity index (χ0n) is 15.9. The summed E-state index contributed by atoms with van der Waals surface area (Å²) in [6.07, 6.45) is 15.3. The van der Waals surface area contributed by atoms with E-state index in [1.807, 2.05) is 12.2 Å². The number of hydrogen-bond acceptors (Lipinski definition) is 4. The van der Waals surface area contributed by atoms with Crippen molar-refractivity contribution in [3.05, 3.63) is 24.3 Å². The lowest BCUT2D eigenvalue weighted by Gasteiger charge is -2.33. The highest BCUT2D eigenvalue weighted by Crippen LogP contribution is 2.39. The predicted molar refractivity (Wildman–Crippen MR) is 101 cm³/mol. The van der Waals surface area contributed by atoms with E-state index < -0.39 is 12.1 Å². The van der Waals surface area contributed by atoms with E-state index in [0.717, 1.165) is 51.6 Å². The molecule has 2 bridgehead atoms. The minimum Gasteiger partial charge on any atom is -0.481 e. The summed E-state index contributed by atoms with van der Waals surface area (Å²) in [7, 11) is 0. The molecule has 2 fully saturated rings. The highest BCUT2D eigenvalue weighted by atomic mass is 16.7. The van der Waals surface area contributed by atoms with Gasteiger partial charge in [-0.15, -0.1) is 0 Å². The van der Waals surface area contributed by atoms with Crippen LogP contribution in [0.3, 0.4) is 0 Å². The van der Waals surface area contributed by atoms with E-state index in [-0.39, 0.29) is 18.8 Å². The van der Waals surface area contributed by atoms with Crippen molar-refractivity contribution in [1.29, 1.82) is 0 Å². The van der Waals surface area contributed by atoms with Gasteiger partial charge in [-0.3, -0.25) is 4.79 Å². The van der Waals surface area contributed by atoms with Crippen molar-refractivity contribution < 1.29 is 24.5 Å². The van der Waals surface area contributed by atoms with Gasteiger partial charge >= 0.3 is 5.97 Å². The first-order valence-corrected chi connectivity index (χ1v) is 10.1. The molecule has 0 amide bonds. The van der Waals surface area contributed by atoms with Gasteiger partial charge < -0.3 is 19.7 Å². The molecule has 2 saturated heterocycles. The van der Waals surface area contributed by atoms with E-state index >= 15 is 0 Å². The molecule has 5 nitrogen and oxygen atoms in total. The van der Waals surface area contributed by atoms with E-state index in [9.17, 15) is 9.90 Å². The van der Waals surface area contributed by atoms with Gasteiger partial charge in [0.05, 0.1) is 18.8 Å². The second-order valence-corrected chi connectivity index (χ2v) is 7.46. The molecule has 0 saturated carbocycles. The van der Waals surface area contributed by atoms with E-state index in [1.165, 1.54) is 0 Å². The number of aliphatic hydroxyl groups excluding tert-OH is 1. The molecule has 0 aromatic heterocycles. The van der Waals surface area contributed by atoms with Crippen molar-refractivity contribution >= 4 is 5.97 Å². The number of allylic oxidation sites excluding steroid dienone is 2. The van der Waals surface area contributed by atoms with Crippen molar-refractivity contribution in [1.82, 2.24) is 0 Å². The molecule has 5 heteroatoms. The van der Waals surface area contributed by atoms with Gasteiger partial charge in [0.15, 0.2) is 6.29 Å². The number of rotatable bonds is 12. The highest BCUT2D eigenvalue weighted by Gasteiger charge is 2.42. The molecule has 0 aliphatic carbocycles. The Morgan fingerprint density at radius 3 is 2.88 bits per heavy atom. The minimum atomic E-state index is -0.740. The molecular formula is C21H34O5. The van der Waals surface area contributed by atoms with Crippen LogP contribution in [0.15, 0.2) is 24.3 Å². The standard InChI is InChI=1S/C21H34O5/c1-2-3-6-9-17(22)12-13-19-18(16-14-21(26-19)25-15-16)10-7-4-5-8-11-20(23)24/h4,7,12-13,16-19,21-22H,2-3,5-6,8-11,14-15H2,1H3,(H,23,24)/b7-4-,13-12+/t16-,17-,18+,19?,21+/m1/s1. The lowest BCUT2D eigenvalue weighted by molar-refractivity contribution is -0.147. The number of aliphatic carboxylic acids is 1. The summed E-state index contributed by atoms with van der Waals surface area (Å²) in [5, 5.41) is 18.8. The maximum atomic E-state index is 10.5.